The summed E-state index contributed by atoms with van der Waals surface area (Å²) in [6.07, 6.45) is 5.79. The Balaban J connectivity index is 1.42. The molecule has 36 heavy (non-hydrogen) atoms. The lowest BCUT2D eigenvalue weighted by Crippen LogP contribution is -2.49. The number of carbonyl (C=O) groups excluding carboxylic acids is 2. The summed E-state index contributed by atoms with van der Waals surface area (Å²) in [5, 5.41) is 3.11. The van der Waals surface area contributed by atoms with Crippen LogP contribution in [0.25, 0.3) is 0 Å². The molecule has 8 nitrogen and oxygen atoms in total. The normalized spacial score (nSPS) is 16.8. The fourth-order valence-electron chi connectivity index (χ4n) is 5.11. The van der Waals surface area contributed by atoms with Gasteiger partial charge >= 0.3 is 6.09 Å². The first-order chi connectivity index (χ1) is 17.5. The largest absolute Gasteiger partial charge is 0.444 e. The first kappa shape index (κ1) is 25.8. The first-order valence-corrected chi connectivity index (χ1v) is 13.0. The number of ether oxygens (including phenoxy) is 1. The molecule has 0 bridgehead atoms. The molecule has 2 N–H and O–H groups in total. The van der Waals surface area contributed by atoms with Gasteiger partial charge in [0.25, 0.3) is 5.91 Å². The van der Waals surface area contributed by atoms with Gasteiger partial charge in [0.05, 0.1) is 24.2 Å². The van der Waals surface area contributed by atoms with Crippen LogP contribution in [0.15, 0.2) is 42.5 Å². The predicted octanol–water partition coefficient (Wildman–Crippen LogP) is 5.48. The van der Waals surface area contributed by atoms with E-state index in [4.69, 9.17) is 9.57 Å². The number of hydrogen-bond acceptors (Lipinski definition) is 6. The second-order valence-corrected chi connectivity index (χ2v) is 9.68. The highest BCUT2D eigenvalue weighted by molar-refractivity contribution is 5.96. The molecule has 1 fully saturated rings. The molecule has 0 radical (unpaired) electrons. The molecule has 4 rings (SSSR count). The second kappa shape index (κ2) is 12.1. The van der Waals surface area contributed by atoms with Gasteiger partial charge in [-0.2, -0.15) is 0 Å². The average Bonchev–Trinajstić information content (AvgIpc) is 2.89. The Morgan fingerprint density at radius 2 is 1.92 bits per heavy atom. The van der Waals surface area contributed by atoms with E-state index in [0.29, 0.717) is 12.2 Å². The van der Waals surface area contributed by atoms with Crippen LogP contribution in [0.5, 0.6) is 0 Å². The lowest BCUT2D eigenvalue weighted by molar-refractivity contribution is 0.0938. The minimum Gasteiger partial charge on any atom is -0.444 e. The summed E-state index contributed by atoms with van der Waals surface area (Å²) in [4.78, 5) is 34.8. The van der Waals surface area contributed by atoms with Crippen molar-refractivity contribution in [2.45, 2.75) is 71.1 Å². The zero-order valence-electron chi connectivity index (χ0n) is 21.6. The average molecular weight is 495 g/mol. The number of unbranched alkanes of at least 4 members (excludes halogenated alkanes) is 2. The van der Waals surface area contributed by atoms with Crippen molar-refractivity contribution in [3.05, 3.63) is 53.6 Å². The molecule has 0 spiro atoms. The van der Waals surface area contributed by atoms with Gasteiger partial charge in [-0.3, -0.25) is 20.0 Å². The third-order valence-corrected chi connectivity index (χ3v) is 7.06. The fourth-order valence-corrected chi connectivity index (χ4v) is 5.11. The molecule has 1 atom stereocenters. The third kappa shape index (κ3) is 5.93. The number of benzene rings is 2. The predicted molar refractivity (Wildman–Crippen MR) is 142 cm³/mol. The van der Waals surface area contributed by atoms with Gasteiger partial charge in [-0.1, -0.05) is 44.4 Å². The molecule has 2 aromatic rings. The minimum absolute atomic E-state index is 0.0771. The Kier molecular flexibility index (Phi) is 8.70. The summed E-state index contributed by atoms with van der Waals surface area (Å²) in [6.45, 7) is 6.10. The zero-order valence-corrected chi connectivity index (χ0v) is 21.6. The van der Waals surface area contributed by atoms with Crippen molar-refractivity contribution in [3.8, 4) is 0 Å². The van der Waals surface area contributed by atoms with Crippen molar-refractivity contribution in [2.24, 2.45) is 0 Å². The number of para-hydroxylation sites is 1. The minimum atomic E-state index is -0.270. The molecule has 2 amide bonds. The lowest BCUT2D eigenvalue weighted by atomic mass is 9.99. The SMILES string of the molecule is CCCCCC(C)NC(=O)c1ccc(N2CCC(N3C(=O)OCc4ccccc43)CC2)c(NOC)c1. The van der Waals surface area contributed by atoms with Crippen LogP contribution >= 0.6 is 0 Å². The number of anilines is 3. The van der Waals surface area contributed by atoms with Crippen LogP contribution in [0.3, 0.4) is 0 Å². The summed E-state index contributed by atoms with van der Waals surface area (Å²) < 4.78 is 5.43. The Morgan fingerprint density at radius 3 is 2.67 bits per heavy atom. The molecule has 2 aliphatic rings. The van der Waals surface area contributed by atoms with Crippen LogP contribution in [0.2, 0.25) is 0 Å². The van der Waals surface area contributed by atoms with Crippen molar-refractivity contribution < 1.29 is 19.2 Å². The van der Waals surface area contributed by atoms with E-state index in [1.54, 1.807) is 7.11 Å². The number of cyclic esters (lactones) is 1. The molecule has 0 saturated carbocycles. The van der Waals surface area contributed by atoms with Crippen molar-refractivity contribution in [2.75, 3.05) is 35.5 Å². The standard InChI is InChI=1S/C28H38N4O4/c1-4-5-6-9-20(2)29-27(33)21-12-13-26(24(18-21)30-35-3)31-16-14-23(15-17-31)32-25-11-8-7-10-22(25)19-36-28(32)34/h7-8,10-13,18,20,23,30H,4-6,9,14-17,19H2,1-3H3,(H,29,33). The summed E-state index contributed by atoms with van der Waals surface area (Å²) >= 11 is 0. The van der Waals surface area contributed by atoms with Crippen molar-refractivity contribution >= 4 is 29.1 Å². The van der Waals surface area contributed by atoms with E-state index in [1.165, 1.54) is 12.8 Å². The number of fused-ring (bicyclic) bond motifs is 1. The van der Waals surface area contributed by atoms with E-state index < -0.39 is 0 Å². The summed E-state index contributed by atoms with van der Waals surface area (Å²) in [6, 6.07) is 13.8. The number of hydrogen-bond donors (Lipinski definition) is 2. The maximum atomic E-state index is 12.8. The maximum Gasteiger partial charge on any atom is 0.414 e. The van der Waals surface area contributed by atoms with E-state index in [-0.39, 0.29) is 24.1 Å². The number of piperidine rings is 1. The molecule has 1 saturated heterocycles. The number of amides is 2. The number of rotatable bonds is 10. The van der Waals surface area contributed by atoms with E-state index in [9.17, 15) is 9.59 Å². The molecule has 2 aromatic carbocycles. The van der Waals surface area contributed by atoms with Crippen LogP contribution in [0, 0.1) is 0 Å². The van der Waals surface area contributed by atoms with Gasteiger partial charge in [0.1, 0.15) is 6.61 Å². The maximum absolute atomic E-state index is 12.8. The fraction of sp³-hybridized carbons (Fsp3) is 0.500. The first-order valence-electron chi connectivity index (χ1n) is 13.0. The summed E-state index contributed by atoms with van der Waals surface area (Å²) in [5.74, 6) is -0.0781. The molecular formula is C28H38N4O4. The molecule has 0 aromatic heterocycles. The van der Waals surface area contributed by atoms with Crippen LogP contribution in [-0.4, -0.2) is 44.3 Å². The van der Waals surface area contributed by atoms with Gasteiger partial charge < -0.3 is 15.0 Å². The highest BCUT2D eigenvalue weighted by atomic mass is 16.6. The highest BCUT2D eigenvalue weighted by Crippen LogP contribution is 2.34. The molecule has 0 aliphatic carbocycles. The Hall–Kier alpha value is -3.26. The Morgan fingerprint density at radius 1 is 1.14 bits per heavy atom. The second-order valence-electron chi connectivity index (χ2n) is 9.68. The monoisotopic (exact) mass is 494 g/mol. The Bertz CT molecular complexity index is 1050. The smallest absolute Gasteiger partial charge is 0.414 e. The number of carbonyl (C=O) groups is 2. The lowest BCUT2D eigenvalue weighted by Gasteiger charge is -2.41. The summed E-state index contributed by atoms with van der Waals surface area (Å²) in [5.41, 5.74) is 7.28. The topological polar surface area (TPSA) is 83.1 Å². The molecule has 194 valence electrons. The Labute approximate surface area is 213 Å². The van der Waals surface area contributed by atoms with Crippen molar-refractivity contribution in [1.82, 2.24) is 5.32 Å². The van der Waals surface area contributed by atoms with Gasteiger partial charge in [0.15, 0.2) is 0 Å². The van der Waals surface area contributed by atoms with Gasteiger partial charge in [-0.15, -0.1) is 0 Å². The van der Waals surface area contributed by atoms with Gasteiger partial charge in [-0.05, 0) is 50.5 Å². The van der Waals surface area contributed by atoms with Crippen LogP contribution in [0.4, 0.5) is 21.9 Å². The quantitative estimate of drug-likeness (QED) is 0.336. The van der Waals surface area contributed by atoms with Crippen molar-refractivity contribution in [1.29, 1.82) is 0 Å². The molecular weight excluding hydrogens is 456 g/mol. The zero-order chi connectivity index (χ0) is 25.5. The van der Waals surface area contributed by atoms with Gasteiger partial charge in [0.2, 0.25) is 0 Å². The molecule has 2 heterocycles. The van der Waals surface area contributed by atoms with E-state index >= 15 is 0 Å². The molecule has 8 heteroatoms. The van der Waals surface area contributed by atoms with Crippen LogP contribution in [0.1, 0.15) is 68.3 Å². The van der Waals surface area contributed by atoms with Gasteiger partial charge in [-0.25, -0.2) is 4.79 Å². The van der Waals surface area contributed by atoms with Crippen molar-refractivity contribution in [3.63, 3.8) is 0 Å². The van der Waals surface area contributed by atoms with Gasteiger partial charge in [0, 0.05) is 36.3 Å². The highest BCUT2D eigenvalue weighted by Gasteiger charge is 2.34. The number of nitrogens with one attached hydrogen (secondary N) is 2. The summed E-state index contributed by atoms with van der Waals surface area (Å²) in [7, 11) is 1.57. The van der Waals surface area contributed by atoms with E-state index in [2.05, 4.69) is 29.5 Å². The number of nitrogens with zero attached hydrogens (tertiary/aromatic N) is 2. The van der Waals surface area contributed by atoms with Crippen LogP contribution < -0.4 is 20.6 Å². The van der Waals surface area contributed by atoms with E-state index in [0.717, 1.165) is 61.4 Å². The third-order valence-electron chi connectivity index (χ3n) is 7.06. The molecule has 1 unspecified atom stereocenters. The van der Waals surface area contributed by atoms with E-state index in [1.807, 2.05) is 47.4 Å². The van der Waals surface area contributed by atoms with Crippen LogP contribution in [-0.2, 0) is 16.2 Å². The molecule has 2 aliphatic heterocycles.